The van der Waals surface area contributed by atoms with Crippen LogP contribution in [0, 0.1) is 10.1 Å². The summed E-state index contributed by atoms with van der Waals surface area (Å²) < 4.78 is 4.94. The highest BCUT2D eigenvalue weighted by Crippen LogP contribution is 2.22. The van der Waals surface area contributed by atoms with Gasteiger partial charge in [-0.05, 0) is 25.5 Å². The van der Waals surface area contributed by atoms with Gasteiger partial charge in [0.2, 0.25) is 0 Å². The summed E-state index contributed by atoms with van der Waals surface area (Å²) in [7, 11) is 0. The highest BCUT2D eigenvalue weighted by atomic mass is 35.5. The molecular weight excluding hydrogens is 222 g/mol. The number of nitro groups is 1. The molecule has 0 bridgehead atoms. The summed E-state index contributed by atoms with van der Waals surface area (Å²) in [6.45, 7) is 0.552. The summed E-state index contributed by atoms with van der Waals surface area (Å²) in [4.78, 5) is 9.72. The molecule has 6 nitrogen and oxygen atoms in total. The van der Waals surface area contributed by atoms with Crippen LogP contribution in [-0.2, 0) is 0 Å². The standard InChI is InChI=1S/C8H13N3O3.ClH/c9-5-1-2-6(10)7-3-4-8(14-7)11(12)13;/h3-4,6H,1-2,5,9-10H2;1H/t6-;/m1./s1. The number of hydrogen-bond donors (Lipinski definition) is 2. The number of nitrogens with zero attached hydrogens (tertiary/aromatic N) is 1. The molecule has 15 heavy (non-hydrogen) atoms. The Morgan fingerprint density at radius 3 is 2.67 bits per heavy atom. The molecule has 1 aromatic heterocycles. The van der Waals surface area contributed by atoms with E-state index in [2.05, 4.69) is 0 Å². The summed E-state index contributed by atoms with van der Waals surface area (Å²) >= 11 is 0. The molecule has 0 aliphatic carbocycles. The lowest BCUT2D eigenvalue weighted by molar-refractivity contribution is -0.402. The Morgan fingerprint density at radius 1 is 1.53 bits per heavy atom. The van der Waals surface area contributed by atoms with Crippen LogP contribution in [0.5, 0.6) is 0 Å². The van der Waals surface area contributed by atoms with Crippen LogP contribution in [0.25, 0.3) is 0 Å². The van der Waals surface area contributed by atoms with Gasteiger partial charge in [-0.25, -0.2) is 0 Å². The Bertz CT molecular complexity index is 316. The van der Waals surface area contributed by atoms with Gasteiger partial charge in [-0.1, -0.05) is 0 Å². The smallest absolute Gasteiger partial charge is 0.404 e. The molecule has 4 N–H and O–H groups in total. The minimum absolute atomic E-state index is 0. The molecule has 0 aromatic carbocycles. The fourth-order valence-corrected chi connectivity index (χ4v) is 1.12. The van der Waals surface area contributed by atoms with Crippen molar-refractivity contribution in [3.05, 3.63) is 28.0 Å². The first kappa shape index (κ1) is 13.9. The molecule has 0 unspecified atom stereocenters. The van der Waals surface area contributed by atoms with Crippen molar-refractivity contribution in [3.8, 4) is 0 Å². The Labute approximate surface area is 93.2 Å². The monoisotopic (exact) mass is 235 g/mol. The summed E-state index contributed by atoms with van der Waals surface area (Å²) in [5.41, 5.74) is 11.0. The van der Waals surface area contributed by atoms with Gasteiger partial charge in [0, 0.05) is 0 Å². The predicted octanol–water partition coefficient (Wildman–Crippen LogP) is 1.35. The molecule has 0 aliphatic heterocycles. The van der Waals surface area contributed by atoms with Gasteiger partial charge in [0.15, 0.2) is 0 Å². The zero-order valence-corrected chi connectivity index (χ0v) is 8.90. The molecule has 0 amide bonds. The van der Waals surface area contributed by atoms with Crippen molar-refractivity contribution in [2.45, 2.75) is 18.9 Å². The van der Waals surface area contributed by atoms with Gasteiger partial charge in [-0.15, -0.1) is 12.4 Å². The first-order valence-electron chi connectivity index (χ1n) is 4.35. The van der Waals surface area contributed by atoms with Gasteiger partial charge in [0.1, 0.15) is 10.7 Å². The van der Waals surface area contributed by atoms with Crippen LogP contribution in [0.1, 0.15) is 24.6 Å². The average Bonchev–Trinajstić information content (AvgIpc) is 2.62. The predicted molar refractivity (Wildman–Crippen MR) is 57.8 cm³/mol. The first-order valence-corrected chi connectivity index (χ1v) is 4.35. The zero-order chi connectivity index (χ0) is 10.6. The molecule has 1 atom stereocenters. The van der Waals surface area contributed by atoms with Crippen molar-refractivity contribution >= 4 is 18.3 Å². The van der Waals surface area contributed by atoms with Crippen molar-refractivity contribution in [1.82, 2.24) is 0 Å². The van der Waals surface area contributed by atoms with Gasteiger partial charge < -0.3 is 15.9 Å². The van der Waals surface area contributed by atoms with Crippen molar-refractivity contribution in [3.63, 3.8) is 0 Å². The van der Waals surface area contributed by atoms with E-state index in [4.69, 9.17) is 15.9 Å². The first-order chi connectivity index (χ1) is 6.65. The fraction of sp³-hybridized carbons (Fsp3) is 0.500. The Balaban J connectivity index is 0.00000196. The number of halogens is 1. The van der Waals surface area contributed by atoms with E-state index in [-0.39, 0.29) is 24.3 Å². The van der Waals surface area contributed by atoms with E-state index in [0.717, 1.165) is 6.42 Å². The molecule has 7 heteroatoms. The highest BCUT2D eigenvalue weighted by Gasteiger charge is 2.16. The van der Waals surface area contributed by atoms with E-state index in [0.29, 0.717) is 18.7 Å². The maximum Gasteiger partial charge on any atom is 0.433 e. The van der Waals surface area contributed by atoms with E-state index in [1.165, 1.54) is 12.1 Å². The third-order valence-electron chi connectivity index (χ3n) is 1.88. The van der Waals surface area contributed by atoms with E-state index in [1.807, 2.05) is 0 Å². The summed E-state index contributed by atoms with van der Waals surface area (Å²) in [6.07, 6.45) is 1.44. The maximum absolute atomic E-state index is 10.3. The van der Waals surface area contributed by atoms with Crippen LogP contribution in [0.15, 0.2) is 16.5 Å². The maximum atomic E-state index is 10.3. The van der Waals surface area contributed by atoms with Gasteiger partial charge >= 0.3 is 5.88 Å². The normalized spacial score (nSPS) is 11.9. The van der Waals surface area contributed by atoms with Crippen LogP contribution in [0.3, 0.4) is 0 Å². The van der Waals surface area contributed by atoms with Gasteiger partial charge in [0.25, 0.3) is 0 Å². The SMILES string of the molecule is Cl.NCCC[C@@H](N)c1ccc([N+](=O)[O-])o1. The number of hydrogen-bond acceptors (Lipinski definition) is 5. The minimum atomic E-state index is -0.584. The largest absolute Gasteiger partial charge is 0.433 e. The Kier molecular flexibility index (Phi) is 5.92. The third-order valence-corrected chi connectivity index (χ3v) is 1.88. The summed E-state index contributed by atoms with van der Waals surface area (Å²) in [6, 6.07) is 2.52. The molecule has 0 saturated heterocycles. The van der Waals surface area contributed by atoms with Crippen molar-refractivity contribution in [1.29, 1.82) is 0 Å². The second-order valence-electron chi connectivity index (χ2n) is 2.97. The molecule has 0 saturated carbocycles. The summed E-state index contributed by atoms with van der Waals surface area (Å²) in [5, 5.41) is 10.3. The topological polar surface area (TPSA) is 108 Å². The highest BCUT2D eigenvalue weighted by molar-refractivity contribution is 5.85. The lowest BCUT2D eigenvalue weighted by atomic mass is 10.1. The van der Waals surface area contributed by atoms with Crippen molar-refractivity contribution < 1.29 is 9.34 Å². The molecule has 1 rings (SSSR count). The number of nitrogens with two attached hydrogens (primary N) is 2. The molecule has 0 aliphatic rings. The molecular formula is C8H14ClN3O3. The molecule has 0 radical (unpaired) electrons. The van der Waals surface area contributed by atoms with Gasteiger partial charge in [-0.2, -0.15) is 0 Å². The molecule has 86 valence electrons. The third kappa shape index (κ3) is 3.86. The van der Waals surface area contributed by atoms with Crippen LogP contribution >= 0.6 is 12.4 Å². The lowest BCUT2D eigenvalue weighted by Crippen LogP contribution is -2.11. The minimum Gasteiger partial charge on any atom is -0.404 e. The number of furan rings is 1. The second-order valence-corrected chi connectivity index (χ2v) is 2.97. The quantitative estimate of drug-likeness (QED) is 0.591. The molecule has 0 fully saturated rings. The fourth-order valence-electron chi connectivity index (χ4n) is 1.12. The summed E-state index contributed by atoms with van der Waals surface area (Å²) in [5.74, 6) is 0.161. The van der Waals surface area contributed by atoms with Crippen LogP contribution in [-0.4, -0.2) is 11.5 Å². The number of rotatable bonds is 5. The van der Waals surface area contributed by atoms with E-state index >= 15 is 0 Å². The second kappa shape index (κ2) is 6.39. The van der Waals surface area contributed by atoms with E-state index < -0.39 is 4.92 Å². The van der Waals surface area contributed by atoms with Gasteiger partial charge in [-0.3, -0.25) is 10.1 Å². The zero-order valence-electron chi connectivity index (χ0n) is 8.09. The van der Waals surface area contributed by atoms with Crippen LogP contribution in [0.4, 0.5) is 5.88 Å². The van der Waals surface area contributed by atoms with Gasteiger partial charge in [0.05, 0.1) is 12.1 Å². The van der Waals surface area contributed by atoms with Crippen LogP contribution < -0.4 is 11.5 Å². The van der Waals surface area contributed by atoms with E-state index in [9.17, 15) is 10.1 Å². The molecule has 0 spiro atoms. The lowest BCUT2D eigenvalue weighted by Gasteiger charge is -2.05. The molecule has 1 heterocycles. The Morgan fingerprint density at radius 2 is 2.20 bits per heavy atom. The van der Waals surface area contributed by atoms with Crippen LogP contribution in [0.2, 0.25) is 0 Å². The Hall–Kier alpha value is -1.11. The van der Waals surface area contributed by atoms with Crippen molar-refractivity contribution in [2.24, 2.45) is 11.5 Å². The van der Waals surface area contributed by atoms with E-state index in [1.54, 1.807) is 0 Å². The average molecular weight is 236 g/mol. The van der Waals surface area contributed by atoms with Crippen molar-refractivity contribution in [2.75, 3.05) is 6.54 Å². The molecule has 1 aromatic rings.